The zero-order chi connectivity index (χ0) is 13.1. The summed E-state index contributed by atoms with van der Waals surface area (Å²) in [5.41, 5.74) is 3.14. The number of aliphatic carboxylic acids is 1. The van der Waals surface area contributed by atoms with E-state index >= 15 is 0 Å². The number of rotatable bonds is 3. The molecule has 0 unspecified atom stereocenters. The van der Waals surface area contributed by atoms with E-state index in [1.54, 1.807) is 0 Å². The predicted molar refractivity (Wildman–Crippen MR) is 65.9 cm³/mol. The molecule has 0 aliphatic rings. The standard InChI is InChI=1S/C13H12N2O3/c1-8-3-4-10(7-9(8)2)13-15-14-11(18-13)5-6-12(16)17/h3-7H,1-2H3,(H,16,17)/b6-5+. The number of aryl methyl sites for hydroxylation is 2. The fraction of sp³-hybridized carbons (Fsp3) is 0.154. The lowest BCUT2D eigenvalue weighted by atomic mass is 10.1. The third-order valence-electron chi connectivity index (χ3n) is 2.56. The van der Waals surface area contributed by atoms with Crippen molar-refractivity contribution >= 4 is 12.0 Å². The maximum Gasteiger partial charge on any atom is 0.328 e. The van der Waals surface area contributed by atoms with Crippen LogP contribution in [-0.2, 0) is 4.79 Å². The number of hydrogen-bond acceptors (Lipinski definition) is 4. The number of carbonyl (C=O) groups is 1. The number of carboxylic acids is 1. The topological polar surface area (TPSA) is 76.2 Å². The van der Waals surface area contributed by atoms with Gasteiger partial charge in [-0.15, -0.1) is 10.2 Å². The van der Waals surface area contributed by atoms with Gasteiger partial charge in [-0.3, -0.25) is 0 Å². The van der Waals surface area contributed by atoms with Crippen LogP contribution in [0.3, 0.4) is 0 Å². The molecule has 92 valence electrons. The van der Waals surface area contributed by atoms with Gasteiger partial charge in [-0.05, 0) is 37.1 Å². The van der Waals surface area contributed by atoms with Crippen LogP contribution in [0.5, 0.6) is 0 Å². The van der Waals surface area contributed by atoms with Gasteiger partial charge in [0, 0.05) is 17.7 Å². The summed E-state index contributed by atoms with van der Waals surface area (Å²) in [4.78, 5) is 10.4. The summed E-state index contributed by atoms with van der Waals surface area (Å²) in [7, 11) is 0. The van der Waals surface area contributed by atoms with E-state index in [-0.39, 0.29) is 5.89 Å². The summed E-state index contributed by atoms with van der Waals surface area (Å²) < 4.78 is 5.34. The minimum atomic E-state index is -1.05. The summed E-state index contributed by atoms with van der Waals surface area (Å²) in [5.74, 6) is -0.505. The van der Waals surface area contributed by atoms with Gasteiger partial charge in [-0.2, -0.15) is 0 Å². The zero-order valence-electron chi connectivity index (χ0n) is 10.0. The normalized spacial score (nSPS) is 11.0. The Morgan fingerprint density at radius 3 is 2.72 bits per heavy atom. The molecule has 0 spiro atoms. The largest absolute Gasteiger partial charge is 0.478 e. The lowest BCUT2D eigenvalue weighted by Gasteiger charge is -2.00. The molecule has 5 nitrogen and oxygen atoms in total. The SMILES string of the molecule is Cc1ccc(-c2nnc(/C=C/C(=O)O)o2)cc1C. The van der Waals surface area contributed by atoms with Crippen molar-refractivity contribution in [2.24, 2.45) is 0 Å². The first kappa shape index (κ1) is 12.0. The van der Waals surface area contributed by atoms with E-state index in [0.29, 0.717) is 5.89 Å². The minimum absolute atomic E-state index is 0.172. The van der Waals surface area contributed by atoms with Crippen molar-refractivity contribution in [2.75, 3.05) is 0 Å². The molecule has 1 heterocycles. The van der Waals surface area contributed by atoms with Gasteiger partial charge in [0.25, 0.3) is 0 Å². The molecule has 0 atom stereocenters. The second-order valence-corrected chi connectivity index (χ2v) is 3.92. The number of aromatic nitrogens is 2. The number of hydrogen-bond donors (Lipinski definition) is 1. The van der Waals surface area contributed by atoms with E-state index in [4.69, 9.17) is 9.52 Å². The van der Waals surface area contributed by atoms with Crippen molar-refractivity contribution in [3.05, 3.63) is 41.3 Å². The Kier molecular flexibility index (Phi) is 3.23. The van der Waals surface area contributed by atoms with Crippen molar-refractivity contribution in [3.63, 3.8) is 0 Å². The van der Waals surface area contributed by atoms with Crippen LogP contribution in [0.1, 0.15) is 17.0 Å². The summed E-state index contributed by atoms with van der Waals surface area (Å²) in [6.45, 7) is 4.02. The molecule has 1 aromatic heterocycles. The first-order valence-corrected chi connectivity index (χ1v) is 5.38. The van der Waals surface area contributed by atoms with Crippen LogP contribution < -0.4 is 0 Å². The Morgan fingerprint density at radius 2 is 2.06 bits per heavy atom. The van der Waals surface area contributed by atoms with Gasteiger partial charge in [-0.25, -0.2) is 4.79 Å². The van der Waals surface area contributed by atoms with Crippen LogP contribution in [0.25, 0.3) is 17.5 Å². The summed E-state index contributed by atoms with van der Waals surface area (Å²) >= 11 is 0. The van der Waals surface area contributed by atoms with Gasteiger partial charge in [0.2, 0.25) is 11.8 Å². The van der Waals surface area contributed by atoms with Gasteiger partial charge in [0.15, 0.2) is 0 Å². The summed E-state index contributed by atoms with van der Waals surface area (Å²) in [6, 6.07) is 5.82. The Bertz CT molecular complexity index is 614. The quantitative estimate of drug-likeness (QED) is 0.839. The smallest absolute Gasteiger partial charge is 0.328 e. The van der Waals surface area contributed by atoms with Gasteiger partial charge < -0.3 is 9.52 Å². The number of nitrogens with zero attached hydrogens (tertiary/aromatic N) is 2. The Labute approximate surface area is 104 Å². The molecule has 0 radical (unpaired) electrons. The van der Waals surface area contributed by atoms with Gasteiger partial charge in [0.05, 0.1) is 0 Å². The molecule has 0 amide bonds. The maximum absolute atomic E-state index is 10.4. The fourth-order valence-corrected chi connectivity index (χ4v) is 1.44. The molecule has 0 fully saturated rings. The lowest BCUT2D eigenvalue weighted by Crippen LogP contribution is -1.85. The molecule has 18 heavy (non-hydrogen) atoms. The molecule has 0 saturated carbocycles. The Morgan fingerprint density at radius 1 is 1.28 bits per heavy atom. The van der Waals surface area contributed by atoms with Gasteiger partial charge in [0.1, 0.15) is 0 Å². The van der Waals surface area contributed by atoms with Crippen molar-refractivity contribution in [1.29, 1.82) is 0 Å². The molecule has 0 aliphatic carbocycles. The van der Waals surface area contributed by atoms with Crippen molar-refractivity contribution in [3.8, 4) is 11.5 Å². The van der Waals surface area contributed by atoms with E-state index < -0.39 is 5.97 Å². The molecule has 0 saturated heterocycles. The molecule has 2 aromatic rings. The van der Waals surface area contributed by atoms with E-state index in [0.717, 1.165) is 17.2 Å². The first-order valence-electron chi connectivity index (χ1n) is 5.38. The highest BCUT2D eigenvalue weighted by Gasteiger charge is 2.07. The first-order chi connectivity index (χ1) is 8.56. The molecule has 0 aliphatic heterocycles. The fourth-order valence-electron chi connectivity index (χ4n) is 1.44. The predicted octanol–water partition coefficient (Wildman–Crippen LogP) is 2.45. The van der Waals surface area contributed by atoms with E-state index in [2.05, 4.69) is 10.2 Å². The average Bonchev–Trinajstić information content (AvgIpc) is 2.79. The summed E-state index contributed by atoms with van der Waals surface area (Å²) in [5, 5.41) is 16.1. The molecule has 0 bridgehead atoms. The highest BCUT2D eigenvalue weighted by atomic mass is 16.4. The Balaban J connectivity index is 2.29. The average molecular weight is 244 g/mol. The van der Waals surface area contributed by atoms with Crippen LogP contribution in [0, 0.1) is 13.8 Å². The van der Waals surface area contributed by atoms with E-state index in [9.17, 15) is 4.79 Å². The monoisotopic (exact) mass is 244 g/mol. The molecule has 2 rings (SSSR count). The van der Waals surface area contributed by atoms with Gasteiger partial charge >= 0.3 is 5.97 Å². The lowest BCUT2D eigenvalue weighted by molar-refractivity contribution is -0.131. The third kappa shape index (κ3) is 2.63. The van der Waals surface area contributed by atoms with E-state index in [1.807, 2.05) is 32.0 Å². The molecule has 1 N–H and O–H groups in total. The molecule has 5 heteroatoms. The summed E-state index contributed by atoms with van der Waals surface area (Å²) in [6.07, 6.45) is 2.22. The third-order valence-corrected chi connectivity index (χ3v) is 2.56. The van der Waals surface area contributed by atoms with Crippen LogP contribution in [0.15, 0.2) is 28.7 Å². The van der Waals surface area contributed by atoms with Crippen molar-refractivity contribution < 1.29 is 14.3 Å². The minimum Gasteiger partial charge on any atom is -0.478 e. The molecular weight excluding hydrogens is 232 g/mol. The van der Waals surface area contributed by atoms with E-state index in [1.165, 1.54) is 11.6 Å². The second-order valence-electron chi connectivity index (χ2n) is 3.92. The zero-order valence-corrected chi connectivity index (χ0v) is 10.0. The van der Waals surface area contributed by atoms with Crippen LogP contribution >= 0.6 is 0 Å². The van der Waals surface area contributed by atoms with Crippen LogP contribution in [0.2, 0.25) is 0 Å². The van der Waals surface area contributed by atoms with Crippen LogP contribution in [-0.4, -0.2) is 21.3 Å². The molecule has 1 aromatic carbocycles. The second kappa shape index (κ2) is 4.83. The van der Waals surface area contributed by atoms with Gasteiger partial charge in [-0.1, -0.05) is 6.07 Å². The number of benzene rings is 1. The maximum atomic E-state index is 10.4. The highest BCUT2D eigenvalue weighted by molar-refractivity contribution is 5.84. The Hall–Kier alpha value is -2.43. The van der Waals surface area contributed by atoms with Crippen LogP contribution in [0.4, 0.5) is 0 Å². The molecular formula is C13H12N2O3. The number of carboxylic acid groups (broad SMARTS) is 1. The van der Waals surface area contributed by atoms with Crippen molar-refractivity contribution in [1.82, 2.24) is 10.2 Å². The van der Waals surface area contributed by atoms with Crippen molar-refractivity contribution in [2.45, 2.75) is 13.8 Å². The highest BCUT2D eigenvalue weighted by Crippen LogP contribution is 2.21.